The van der Waals surface area contributed by atoms with Crippen molar-refractivity contribution in [3.63, 3.8) is 0 Å². The molecule has 2 N–H and O–H groups in total. The van der Waals surface area contributed by atoms with Gasteiger partial charge in [0.05, 0.1) is 26.2 Å². The van der Waals surface area contributed by atoms with E-state index in [1.54, 1.807) is 25.1 Å². The topological polar surface area (TPSA) is 103 Å². The molecular weight excluding hydrogens is 384 g/mol. The predicted molar refractivity (Wildman–Crippen MR) is 105 cm³/mol. The summed E-state index contributed by atoms with van der Waals surface area (Å²) in [6, 6.07) is 9.22. The van der Waals surface area contributed by atoms with Gasteiger partial charge in [0.2, 0.25) is 10.0 Å². The van der Waals surface area contributed by atoms with Crippen molar-refractivity contribution in [2.24, 2.45) is 0 Å². The van der Waals surface area contributed by atoms with Gasteiger partial charge in [0.15, 0.2) is 11.5 Å². The van der Waals surface area contributed by atoms with Crippen LogP contribution in [0.25, 0.3) is 0 Å². The standard InChI is InChI=1S/C19H24N2O6S/c1-5-21-28(23,24)15-8-6-7-13(9-15)19(22)20-12-14-10-17(26-3)18(27-4)11-16(14)25-2/h6-11,21H,5,12H2,1-4H3,(H,20,22). The number of carbonyl (C=O) groups is 1. The Morgan fingerprint density at radius 2 is 1.61 bits per heavy atom. The van der Waals surface area contributed by atoms with E-state index in [0.29, 0.717) is 22.8 Å². The summed E-state index contributed by atoms with van der Waals surface area (Å²) < 4.78 is 42.5. The minimum atomic E-state index is -3.64. The Morgan fingerprint density at radius 1 is 0.964 bits per heavy atom. The second kappa shape index (κ2) is 9.43. The van der Waals surface area contributed by atoms with Crippen LogP contribution in [0.2, 0.25) is 0 Å². The van der Waals surface area contributed by atoms with Crippen LogP contribution in [0.15, 0.2) is 41.3 Å². The van der Waals surface area contributed by atoms with E-state index in [1.807, 2.05) is 0 Å². The first-order chi connectivity index (χ1) is 13.4. The van der Waals surface area contributed by atoms with Crippen LogP contribution >= 0.6 is 0 Å². The molecule has 0 unspecified atom stereocenters. The minimum Gasteiger partial charge on any atom is -0.496 e. The van der Waals surface area contributed by atoms with E-state index in [0.717, 1.165) is 0 Å². The number of carbonyl (C=O) groups excluding carboxylic acids is 1. The molecule has 0 aliphatic carbocycles. The van der Waals surface area contributed by atoms with Crippen molar-refractivity contribution in [1.82, 2.24) is 10.0 Å². The second-order valence-corrected chi connectivity index (χ2v) is 7.50. The number of amides is 1. The molecular formula is C19H24N2O6S. The first-order valence-corrected chi connectivity index (χ1v) is 10.0. The third-order valence-electron chi connectivity index (χ3n) is 3.97. The molecule has 2 rings (SSSR count). The van der Waals surface area contributed by atoms with Crippen molar-refractivity contribution in [3.8, 4) is 17.2 Å². The molecule has 0 fully saturated rings. The van der Waals surface area contributed by atoms with Crippen molar-refractivity contribution < 1.29 is 27.4 Å². The third kappa shape index (κ3) is 4.93. The van der Waals surface area contributed by atoms with Gasteiger partial charge in [0.25, 0.3) is 5.91 Å². The molecule has 0 atom stereocenters. The van der Waals surface area contributed by atoms with E-state index in [2.05, 4.69) is 10.0 Å². The summed E-state index contributed by atoms with van der Waals surface area (Å²) in [4.78, 5) is 12.5. The molecule has 8 nitrogen and oxygen atoms in total. The number of hydrogen-bond donors (Lipinski definition) is 2. The van der Waals surface area contributed by atoms with Crippen molar-refractivity contribution >= 4 is 15.9 Å². The average Bonchev–Trinajstić information content (AvgIpc) is 2.71. The zero-order valence-corrected chi connectivity index (χ0v) is 17.1. The number of ether oxygens (including phenoxy) is 3. The Kier molecular flexibility index (Phi) is 7.24. The molecule has 2 aromatic rings. The fourth-order valence-electron chi connectivity index (χ4n) is 2.59. The fraction of sp³-hybridized carbons (Fsp3) is 0.316. The van der Waals surface area contributed by atoms with Crippen molar-refractivity contribution in [2.45, 2.75) is 18.4 Å². The smallest absolute Gasteiger partial charge is 0.251 e. The van der Waals surface area contributed by atoms with Gasteiger partial charge in [-0.1, -0.05) is 13.0 Å². The molecule has 0 spiro atoms. The molecule has 28 heavy (non-hydrogen) atoms. The molecule has 0 aliphatic rings. The van der Waals surface area contributed by atoms with Gasteiger partial charge in [0.1, 0.15) is 5.75 Å². The lowest BCUT2D eigenvalue weighted by atomic mass is 10.1. The van der Waals surface area contributed by atoms with Gasteiger partial charge < -0.3 is 19.5 Å². The van der Waals surface area contributed by atoms with E-state index < -0.39 is 15.9 Å². The van der Waals surface area contributed by atoms with Crippen LogP contribution in [0.3, 0.4) is 0 Å². The maximum atomic E-state index is 12.5. The van der Waals surface area contributed by atoms with Crippen LogP contribution in [0.4, 0.5) is 0 Å². The monoisotopic (exact) mass is 408 g/mol. The first-order valence-electron chi connectivity index (χ1n) is 8.53. The molecule has 0 bridgehead atoms. The highest BCUT2D eigenvalue weighted by molar-refractivity contribution is 7.89. The number of methoxy groups -OCH3 is 3. The Balaban J connectivity index is 2.21. The molecule has 0 saturated carbocycles. The SMILES string of the molecule is CCNS(=O)(=O)c1cccc(C(=O)NCc2cc(OC)c(OC)cc2OC)c1. The quantitative estimate of drug-likeness (QED) is 0.657. The number of hydrogen-bond acceptors (Lipinski definition) is 6. The molecule has 0 aliphatic heterocycles. The Labute approximate surface area is 164 Å². The van der Waals surface area contributed by atoms with Crippen LogP contribution in [-0.4, -0.2) is 42.2 Å². The molecule has 0 radical (unpaired) electrons. The van der Waals surface area contributed by atoms with Crippen LogP contribution in [0, 0.1) is 0 Å². The maximum absolute atomic E-state index is 12.5. The minimum absolute atomic E-state index is 0.0331. The lowest BCUT2D eigenvalue weighted by molar-refractivity contribution is 0.0950. The van der Waals surface area contributed by atoms with Gasteiger partial charge >= 0.3 is 0 Å². The third-order valence-corrected chi connectivity index (χ3v) is 5.51. The summed E-state index contributed by atoms with van der Waals surface area (Å²) in [5.74, 6) is 1.13. The molecule has 9 heteroatoms. The molecule has 0 saturated heterocycles. The highest BCUT2D eigenvalue weighted by atomic mass is 32.2. The molecule has 1 amide bonds. The van der Waals surface area contributed by atoms with Crippen molar-refractivity contribution in [3.05, 3.63) is 47.5 Å². The van der Waals surface area contributed by atoms with Crippen molar-refractivity contribution in [2.75, 3.05) is 27.9 Å². The summed E-state index contributed by atoms with van der Waals surface area (Å²) in [5.41, 5.74) is 0.920. The highest BCUT2D eigenvalue weighted by Gasteiger charge is 2.16. The summed E-state index contributed by atoms with van der Waals surface area (Å²) >= 11 is 0. The fourth-order valence-corrected chi connectivity index (χ4v) is 3.67. The second-order valence-electron chi connectivity index (χ2n) is 5.73. The van der Waals surface area contributed by atoms with Gasteiger partial charge in [0, 0.05) is 30.3 Å². The van der Waals surface area contributed by atoms with Crippen molar-refractivity contribution in [1.29, 1.82) is 0 Å². The Morgan fingerprint density at radius 3 is 2.21 bits per heavy atom. The summed E-state index contributed by atoms with van der Waals surface area (Å²) in [6.07, 6.45) is 0. The van der Waals surface area contributed by atoms with E-state index in [4.69, 9.17) is 14.2 Å². The van der Waals surface area contributed by atoms with E-state index in [1.165, 1.54) is 39.5 Å². The largest absolute Gasteiger partial charge is 0.496 e. The zero-order valence-electron chi connectivity index (χ0n) is 16.2. The maximum Gasteiger partial charge on any atom is 0.251 e. The van der Waals surface area contributed by atoms with Crippen LogP contribution in [0.5, 0.6) is 17.2 Å². The number of benzene rings is 2. The number of nitrogens with one attached hydrogen (secondary N) is 2. The van der Waals surface area contributed by atoms with E-state index in [9.17, 15) is 13.2 Å². The van der Waals surface area contributed by atoms with Crippen LogP contribution < -0.4 is 24.2 Å². The lowest BCUT2D eigenvalue weighted by Crippen LogP contribution is -2.25. The molecule has 2 aromatic carbocycles. The van der Waals surface area contributed by atoms with Gasteiger partial charge in [-0.05, 0) is 24.3 Å². The number of rotatable bonds is 9. The summed E-state index contributed by atoms with van der Waals surface area (Å²) in [5, 5.41) is 2.76. The normalized spacial score (nSPS) is 11.0. The summed E-state index contributed by atoms with van der Waals surface area (Å²) in [6.45, 7) is 2.11. The predicted octanol–water partition coefficient (Wildman–Crippen LogP) is 1.94. The van der Waals surface area contributed by atoms with E-state index in [-0.39, 0.29) is 23.5 Å². The first kappa shape index (κ1) is 21.5. The van der Waals surface area contributed by atoms with Gasteiger partial charge in [-0.25, -0.2) is 13.1 Å². The molecule has 0 aromatic heterocycles. The molecule has 0 heterocycles. The van der Waals surface area contributed by atoms with E-state index >= 15 is 0 Å². The van der Waals surface area contributed by atoms with Crippen LogP contribution in [-0.2, 0) is 16.6 Å². The van der Waals surface area contributed by atoms with Crippen LogP contribution in [0.1, 0.15) is 22.8 Å². The summed E-state index contributed by atoms with van der Waals surface area (Å²) in [7, 11) is 0.912. The Hall–Kier alpha value is -2.78. The Bertz CT molecular complexity index is 943. The molecule has 152 valence electrons. The highest BCUT2D eigenvalue weighted by Crippen LogP contribution is 2.34. The average molecular weight is 408 g/mol. The number of sulfonamides is 1. The van der Waals surface area contributed by atoms with Gasteiger partial charge in [-0.15, -0.1) is 0 Å². The zero-order chi connectivity index (χ0) is 20.7. The lowest BCUT2D eigenvalue weighted by Gasteiger charge is -2.14. The van der Waals surface area contributed by atoms with Gasteiger partial charge in [-0.2, -0.15) is 0 Å². The van der Waals surface area contributed by atoms with Gasteiger partial charge in [-0.3, -0.25) is 4.79 Å².